The summed E-state index contributed by atoms with van der Waals surface area (Å²) in [6.45, 7) is 0. The molecule has 7 rings (SSSR count). The summed E-state index contributed by atoms with van der Waals surface area (Å²) in [4.78, 5) is 2.68. The van der Waals surface area contributed by atoms with E-state index in [9.17, 15) is 0 Å². The van der Waals surface area contributed by atoms with Gasteiger partial charge >= 0.3 is 0 Å². The van der Waals surface area contributed by atoms with Crippen molar-refractivity contribution >= 4 is 38.5 Å². The van der Waals surface area contributed by atoms with Gasteiger partial charge in [0, 0.05) is 14.3 Å². The van der Waals surface area contributed by atoms with Crippen LogP contribution in [-0.2, 0) is 5.41 Å². The van der Waals surface area contributed by atoms with E-state index < -0.39 is 0 Å². The van der Waals surface area contributed by atoms with E-state index in [0.717, 1.165) is 4.47 Å². The summed E-state index contributed by atoms with van der Waals surface area (Å²) >= 11 is 5.67. The van der Waals surface area contributed by atoms with Gasteiger partial charge in [-0.15, -0.1) is 0 Å². The lowest BCUT2D eigenvalue weighted by molar-refractivity contribution is 0.723. The Hall–Kier alpha value is -2.81. The van der Waals surface area contributed by atoms with Crippen LogP contribution in [0.15, 0.2) is 117 Å². The van der Waals surface area contributed by atoms with E-state index in [4.69, 9.17) is 0 Å². The molecule has 5 aromatic carbocycles. The summed E-state index contributed by atoms with van der Waals surface area (Å²) in [5.74, 6) is 0. The maximum atomic E-state index is 3.78. The second kappa shape index (κ2) is 6.35. The van der Waals surface area contributed by atoms with E-state index >= 15 is 0 Å². The summed E-state index contributed by atoms with van der Waals surface area (Å²) < 4.78 is 1.12. The van der Waals surface area contributed by atoms with Gasteiger partial charge in [-0.05, 0) is 80.6 Å². The third kappa shape index (κ3) is 2.27. The lowest BCUT2D eigenvalue weighted by atomic mass is 9.67. The zero-order valence-corrected chi connectivity index (χ0v) is 19.0. The number of halogens is 1. The maximum absolute atomic E-state index is 3.78. The van der Waals surface area contributed by atoms with E-state index in [0.29, 0.717) is 0 Å². The van der Waals surface area contributed by atoms with Crippen molar-refractivity contribution in [3.05, 3.63) is 130 Å². The number of hydrogen-bond acceptors (Lipinski definition) is 1. The summed E-state index contributed by atoms with van der Waals surface area (Å²) in [5.41, 5.74) is 7.89. The van der Waals surface area contributed by atoms with Crippen LogP contribution in [0, 0.1) is 0 Å². The van der Waals surface area contributed by atoms with Crippen molar-refractivity contribution in [1.29, 1.82) is 0 Å². The van der Waals surface area contributed by atoms with Crippen molar-refractivity contribution in [2.24, 2.45) is 0 Å². The summed E-state index contributed by atoms with van der Waals surface area (Å²) in [5, 5.41) is 2.58. The molecule has 1 aliphatic heterocycles. The van der Waals surface area contributed by atoms with Gasteiger partial charge in [0.15, 0.2) is 0 Å². The standard InChI is InChI=1S/C29H17BrS/c30-20-13-14-21-22-15-18-7-1-2-8-19(18)16-25(22)29(26(21)17-20)23-9-3-5-11-27(23)31-28-12-6-4-10-24(28)29/h1-17H. The van der Waals surface area contributed by atoms with Gasteiger partial charge in [-0.2, -0.15) is 0 Å². The molecular formula is C29H17BrS. The smallest absolute Gasteiger partial charge is 0.0735 e. The highest BCUT2D eigenvalue weighted by molar-refractivity contribution is 9.10. The molecular weight excluding hydrogens is 460 g/mol. The van der Waals surface area contributed by atoms with Crippen molar-refractivity contribution in [2.75, 3.05) is 0 Å². The number of hydrogen-bond donors (Lipinski definition) is 0. The molecule has 0 amide bonds. The van der Waals surface area contributed by atoms with E-state index in [1.807, 2.05) is 11.8 Å². The summed E-state index contributed by atoms with van der Waals surface area (Å²) in [6.07, 6.45) is 0. The molecule has 0 saturated heterocycles. The quantitative estimate of drug-likeness (QED) is 0.211. The molecule has 0 N–H and O–H groups in total. The Morgan fingerprint density at radius 1 is 0.516 bits per heavy atom. The highest BCUT2D eigenvalue weighted by Gasteiger charge is 2.50. The normalized spacial score (nSPS) is 14.7. The molecule has 0 atom stereocenters. The van der Waals surface area contributed by atoms with Gasteiger partial charge < -0.3 is 0 Å². The van der Waals surface area contributed by atoms with Crippen molar-refractivity contribution in [3.8, 4) is 11.1 Å². The zero-order valence-electron chi connectivity index (χ0n) is 16.6. The predicted molar refractivity (Wildman–Crippen MR) is 133 cm³/mol. The Morgan fingerprint density at radius 2 is 1.10 bits per heavy atom. The van der Waals surface area contributed by atoms with Gasteiger partial charge in [0.1, 0.15) is 0 Å². The molecule has 0 unspecified atom stereocenters. The lowest BCUT2D eigenvalue weighted by Crippen LogP contribution is -2.31. The Kier molecular flexibility index (Phi) is 3.65. The van der Waals surface area contributed by atoms with Crippen molar-refractivity contribution in [2.45, 2.75) is 15.2 Å². The van der Waals surface area contributed by atoms with Crippen LogP contribution < -0.4 is 0 Å². The Labute approximate surface area is 194 Å². The fourth-order valence-electron chi connectivity index (χ4n) is 5.55. The topological polar surface area (TPSA) is 0 Å². The zero-order chi connectivity index (χ0) is 20.6. The van der Waals surface area contributed by atoms with E-state index in [-0.39, 0.29) is 5.41 Å². The van der Waals surface area contributed by atoms with Crippen LogP contribution in [0.2, 0.25) is 0 Å². The van der Waals surface area contributed by atoms with Gasteiger partial charge in [-0.3, -0.25) is 0 Å². The van der Waals surface area contributed by atoms with Gasteiger partial charge in [0.25, 0.3) is 0 Å². The molecule has 0 bridgehead atoms. The fraction of sp³-hybridized carbons (Fsp3) is 0.0345. The average molecular weight is 477 g/mol. The van der Waals surface area contributed by atoms with E-state index in [1.54, 1.807) is 0 Å². The highest BCUT2D eigenvalue weighted by atomic mass is 79.9. The second-order valence-corrected chi connectivity index (χ2v) is 10.3. The monoisotopic (exact) mass is 476 g/mol. The molecule has 1 aliphatic carbocycles. The lowest BCUT2D eigenvalue weighted by Gasteiger charge is -2.39. The Morgan fingerprint density at radius 3 is 1.81 bits per heavy atom. The number of benzene rings is 5. The van der Waals surface area contributed by atoms with E-state index in [2.05, 4.69) is 119 Å². The second-order valence-electron chi connectivity index (χ2n) is 8.28. The Bertz CT molecular complexity index is 1490. The average Bonchev–Trinajstić information content (AvgIpc) is 3.07. The molecule has 0 aromatic heterocycles. The molecule has 0 radical (unpaired) electrons. The number of fused-ring (bicyclic) bond motifs is 10. The number of rotatable bonds is 0. The predicted octanol–water partition coefficient (Wildman–Crippen LogP) is 8.43. The van der Waals surface area contributed by atoms with Gasteiger partial charge in [0.05, 0.1) is 5.41 Å². The SMILES string of the molecule is Brc1ccc2c(c1)C1(c3ccccc3Sc3ccccc31)c1cc3ccccc3cc1-2. The minimum Gasteiger partial charge on any atom is -0.0894 e. The third-order valence-corrected chi connectivity index (χ3v) is 8.41. The van der Waals surface area contributed by atoms with Crippen LogP contribution in [-0.4, -0.2) is 0 Å². The maximum Gasteiger partial charge on any atom is 0.0735 e. The van der Waals surface area contributed by atoms with Crippen LogP contribution in [0.1, 0.15) is 22.3 Å². The molecule has 146 valence electrons. The van der Waals surface area contributed by atoms with Crippen molar-refractivity contribution in [3.63, 3.8) is 0 Å². The molecule has 1 heterocycles. The minimum absolute atomic E-state index is 0.309. The molecule has 1 spiro atoms. The summed E-state index contributed by atoms with van der Waals surface area (Å²) in [6, 6.07) is 38.2. The minimum atomic E-state index is -0.309. The first-order valence-electron chi connectivity index (χ1n) is 10.5. The molecule has 31 heavy (non-hydrogen) atoms. The molecule has 0 nitrogen and oxygen atoms in total. The van der Waals surface area contributed by atoms with E-state index in [1.165, 1.54) is 53.9 Å². The van der Waals surface area contributed by atoms with Crippen LogP contribution in [0.5, 0.6) is 0 Å². The first-order valence-corrected chi connectivity index (χ1v) is 12.1. The first-order chi connectivity index (χ1) is 15.3. The van der Waals surface area contributed by atoms with Gasteiger partial charge in [0.2, 0.25) is 0 Å². The molecule has 0 fully saturated rings. The molecule has 2 heteroatoms. The first kappa shape index (κ1) is 17.8. The molecule has 5 aromatic rings. The molecule has 0 saturated carbocycles. The summed E-state index contributed by atoms with van der Waals surface area (Å²) in [7, 11) is 0. The van der Waals surface area contributed by atoms with Crippen LogP contribution >= 0.6 is 27.7 Å². The van der Waals surface area contributed by atoms with Crippen LogP contribution in [0.4, 0.5) is 0 Å². The third-order valence-electron chi connectivity index (χ3n) is 6.77. The van der Waals surface area contributed by atoms with Crippen LogP contribution in [0.3, 0.4) is 0 Å². The van der Waals surface area contributed by atoms with Crippen molar-refractivity contribution < 1.29 is 0 Å². The van der Waals surface area contributed by atoms with Gasteiger partial charge in [-0.1, -0.05) is 94.4 Å². The Balaban J connectivity index is 1.73. The van der Waals surface area contributed by atoms with Gasteiger partial charge in [-0.25, -0.2) is 0 Å². The molecule has 2 aliphatic rings. The highest BCUT2D eigenvalue weighted by Crippen LogP contribution is 2.62. The fourth-order valence-corrected chi connectivity index (χ4v) is 7.11. The largest absolute Gasteiger partial charge is 0.0894 e. The van der Waals surface area contributed by atoms with Crippen LogP contribution in [0.25, 0.3) is 21.9 Å². The van der Waals surface area contributed by atoms with Crippen molar-refractivity contribution in [1.82, 2.24) is 0 Å².